The maximum Gasteiger partial charge on any atom is 0.274 e. The van der Waals surface area contributed by atoms with Crippen molar-refractivity contribution in [3.05, 3.63) is 83.0 Å². The van der Waals surface area contributed by atoms with Crippen molar-refractivity contribution in [1.29, 1.82) is 0 Å². The molecule has 6 aliphatic heterocycles. The lowest BCUT2D eigenvalue weighted by molar-refractivity contribution is 0.0594. The van der Waals surface area contributed by atoms with Crippen LogP contribution in [-0.4, -0.2) is 148 Å². The molecule has 18 nitrogen and oxygen atoms in total. The number of ether oxygens (including phenoxy) is 6. The second kappa shape index (κ2) is 18.0. The van der Waals surface area contributed by atoms with Crippen LogP contribution in [0.3, 0.4) is 0 Å². The lowest BCUT2D eigenvalue weighted by Crippen LogP contribution is -2.45. The van der Waals surface area contributed by atoms with E-state index in [4.69, 9.17) is 28.4 Å². The summed E-state index contributed by atoms with van der Waals surface area (Å²) in [5.74, 6) is 0.0521. The first-order valence-electron chi connectivity index (χ1n) is 20.3. The SMILES string of the molecule is COCCN1CC2CCc3cc(=O)c(OC)c(n32)C1=O.COCCN1CC2CCc3cc(=O)c(OC)c(n32)C1=O.COCCN1CC2CCc3cc(=O)c(OC)c(n32)C1=O. The van der Waals surface area contributed by atoms with Gasteiger partial charge in [0.05, 0.1) is 59.3 Å². The van der Waals surface area contributed by atoms with Crippen LogP contribution in [0.25, 0.3) is 0 Å². The fourth-order valence-electron chi connectivity index (χ4n) is 9.48. The molecule has 9 heterocycles. The van der Waals surface area contributed by atoms with Crippen LogP contribution in [0.15, 0.2) is 32.6 Å². The molecule has 0 bridgehead atoms. The standard InChI is InChI=1S/3C14H18N2O4/c3*1-19-6-5-15-8-10-4-3-9-7-11(17)13(20-2)12(14(15)18)16(9)10/h3*7,10H,3-6,8H2,1-2H3. The van der Waals surface area contributed by atoms with Gasteiger partial charge in [-0.3, -0.25) is 28.8 Å². The van der Waals surface area contributed by atoms with Gasteiger partial charge in [-0.1, -0.05) is 0 Å². The average Bonchev–Trinajstić information content (AvgIpc) is 3.97. The fraction of sp³-hybridized carbons (Fsp3) is 0.571. The average molecular weight is 835 g/mol. The summed E-state index contributed by atoms with van der Waals surface area (Å²) in [6, 6.07) is 5.51. The number of amides is 3. The van der Waals surface area contributed by atoms with Crippen LogP contribution in [0, 0.1) is 0 Å². The number of aryl methyl sites for hydroxylation is 3. The van der Waals surface area contributed by atoms with Crippen LogP contribution in [0.2, 0.25) is 0 Å². The highest BCUT2D eigenvalue weighted by molar-refractivity contribution is 5.97. The minimum atomic E-state index is -0.212. The Labute approximate surface area is 347 Å². The monoisotopic (exact) mass is 834 g/mol. The Hall–Kier alpha value is -5.46. The van der Waals surface area contributed by atoms with Gasteiger partial charge in [-0.05, 0) is 38.5 Å². The molecule has 0 aliphatic carbocycles. The van der Waals surface area contributed by atoms with Gasteiger partial charge < -0.3 is 56.8 Å². The van der Waals surface area contributed by atoms with Gasteiger partial charge in [0, 0.05) is 95.9 Å². The van der Waals surface area contributed by atoms with Crippen molar-refractivity contribution in [2.45, 2.75) is 56.7 Å². The second-order valence-electron chi connectivity index (χ2n) is 15.6. The van der Waals surface area contributed by atoms with Gasteiger partial charge in [-0.15, -0.1) is 0 Å². The third-order valence-corrected chi connectivity index (χ3v) is 12.2. The Balaban J connectivity index is 0.000000136. The number of hydrogen-bond acceptors (Lipinski definition) is 12. The number of nitrogens with zero attached hydrogens (tertiary/aromatic N) is 6. The number of methoxy groups -OCH3 is 6. The first kappa shape index (κ1) is 42.7. The van der Waals surface area contributed by atoms with Crippen molar-refractivity contribution in [3.63, 3.8) is 0 Å². The molecule has 18 heteroatoms. The summed E-state index contributed by atoms with van der Waals surface area (Å²) in [5, 5.41) is 0. The van der Waals surface area contributed by atoms with E-state index in [1.807, 2.05) is 13.7 Å². The van der Waals surface area contributed by atoms with E-state index < -0.39 is 0 Å². The molecule has 60 heavy (non-hydrogen) atoms. The number of carbonyl (C=O) groups is 3. The van der Waals surface area contributed by atoms with Crippen molar-refractivity contribution in [1.82, 2.24) is 28.4 Å². The van der Waals surface area contributed by atoms with Crippen molar-refractivity contribution in [2.75, 3.05) is 102 Å². The highest BCUT2D eigenvalue weighted by atomic mass is 16.5. The highest BCUT2D eigenvalue weighted by Gasteiger charge is 2.41. The molecule has 3 aromatic rings. The van der Waals surface area contributed by atoms with E-state index in [1.165, 1.54) is 21.3 Å². The first-order valence-corrected chi connectivity index (χ1v) is 20.3. The van der Waals surface area contributed by atoms with Crippen molar-refractivity contribution in [2.24, 2.45) is 0 Å². The number of hydrogen-bond donors (Lipinski definition) is 0. The summed E-state index contributed by atoms with van der Waals surface area (Å²) in [6.07, 6.45) is 5.37. The second-order valence-corrected chi connectivity index (χ2v) is 15.6. The zero-order chi connectivity index (χ0) is 42.8. The van der Waals surface area contributed by atoms with E-state index in [0.717, 1.165) is 55.6 Å². The van der Waals surface area contributed by atoms with Gasteiger partial charge in [0.1, 0.15) is 0 Å². The Morgan fingerprint density at radius 2 is 0.717 bits per heavy atom. The molecular weight excluding hydrogens is 780 g/mol. The smallest absolute Gasteiger partial charge is 0.274 e. The maximum absolute atomic E-state index is 12.6. The molecule has 324 valence electrons. The van der Waals surface area contributed by atoms with Crippen LogP contribution in [0.5, 0.6) is 17.2 Å². The predicted molar refractivity (Wildman–Crippen MR) is 217 cm³/mol. The van der Waals surface area contributed by atoms with E-state index in [-0.39, 0.29) is 69.4 Å². The van der Waals surface area contributed by atoms with Crippen molar-refractivity contribution >= 4 is 17.7 Å². The van der Waals surface area contributed by atoms with Gasteiger partial charge in [0.2, 0.25) is 16.3 Å². The molecule has 3 aromatic heterocycles. The van der Waals surface area contributed by atoms with E-state index >= 15 is 0 Å². The topological polar surface area (TPSA) is 182 Å². The zero-order valence-electron chi connectivity index (χ0n) is 35.2. The summed E-state index contributed by atoms with van der Waals surface area (Å²) < 4.78 is 36.7. The minimum Gasteiger partial charge on any atom is -0.491 e. The van der Waals surface area contributed by atoms with Crippen LogP contribution in [0.1, 0.15) is 85.9 Å². The fourth-order valence-corrected chi connectivity index (χ4v) is 9.48. The van der Waals surface area contributed by atoms with Gasteiger partial charge >= 0.3 is 0 Å². The first-order chi connectivity index (χ1) is 29.0. The minimum absolute atomic E-state index is 0.143. The Morgan fingerprint density at radius 3 is 0.950 bits per heavy atom. The molecule has 0 saturated carbocycles. The van der Waals surface area contributed by atoms with Crippen molar-refractivity contribution in [3.8, 4) is 17.2 Å². The number of rotatable bonds is 12. The number of aromatic nitrogens is 3. The Bertz CT molecular complexity index is 2080. The van der Waals surface area contributed by atoms with E-state index in [2.05, 4.69) is 0 Å². The molecule has 6 aliphatic rings. The molecular formula is C42H54N6O12. The molecule has 3 unspecified atom stereocenters. The van der Waals surface area contributed by atoms with Crippen molar-refractivity contribution < 1.29 is 42.8 Å². The van der Waals surface area contributed by atoms with Crippen LogP contribution in [-0.2, 0) is 33.5 Å². The van der Waals surface area contributed by atoms with Gasteiger partial charge in [0.15, 0.2) is 34.3 Å². The largest absolute Gasteiger partial charge is 0.491 e. The maximum atomic E-state index is 12.6. The molecule has 0 fully saturated rings. The predicted octanol–water partition coefficient (Wildman–Crippen LogP) is 1.34. The van der Waals surface area contributed by atoms with E-state index in [9.17, 15) is 28.8 Å². The summed E-state index contributed by atoms with van der Waals surface area (Å²) in [5.41, 5.74) is 3.39. The van der Waals surface area contributed by atoms with E-state index in [0.29, 0.717) is 76.2 Å². The zero-order valence-corrected chi connectivity index (χ0v) is 35.2. The summed E-state index contributed by atoms with van der Waals surface area (Å²) >= 11 is 0. The Morgan fingerprint density at radius 1 is 0.450 bits per heavy atom. The molecule has 0 N–H and O–H groups in total. The highest BCUT2D eigenvalue weighted by Crippen LogP contribution is 2.37. The van der Waals surface area contributed by atoms with Gasteiger partial charge in [0.25, 0.3) is 17.7 Å². The normalized spacial score (nSPS) is 20.2. The molecule has 0 spiro atoms. The van der Waals surface area contributed by atoms with Gasteiger partial charge in [-0.25, -0.2) is 0 Å². The molecule has 0 saturated heterocycles. The van der Waals surface area contributed by atoms with Gasteiger partial charge in [-0.2, -0.15) is 0 Å². The summed E-state index contributed by atoms with van der Waals surface area (Å²) in [7, 11) is 9.14. The van der Waals surface area contributed by atoms with Crippen LogP contribution >= 0.6 is 0 Å². The molecule has 3 atom stereocenters. The molecule has 9 rings (SSSR count). The third-order valence-electron chi connectivity index (χ3n) is 12.2. The van der Waals surface area contributed by atoms with Crippen LogP contribution < -0.4 is 30.5 Å². The molecule has 3 amide bonds. The lowest BCUT2D eigenvalue weighted by atomic mass is 10.1. The third kappa shape index (κ3) is 7.60. The quantitative estimate of drug-likeness (QED) is 0.256. The Kier molecular flexibility index (Phi) is 12.8. The molecule has 0 radical (unpaired) electrons. The number of pyridine rings is 3. The van der Waals surface area contributed by atoms with Crippen LogP contribution in [0.4, 0.5) is 0 Å². The summed E-state index contributed by atoms with van der Waals surface area (Å²) in [6.45, 7) is 5.10. The molecule has 0 aromatic carbocycles. The number of carbonyl (C=O) groups excluding carboxylic acids is 3. The lowest BCUT2D eigenvalue weighted by Gasteiger charge is -2.34. The summed E-state index contributed by atoms with van der Waals surface area (Å²) in [4.78, 5) is 79.2. The van der Waals surface area contributed by atoms with E-state index in [1.54, 1.807) is 54.2 Å².